The summed E-state index contributed by atoms with van der Waals surface area (Å²) in [6, 6.07) is 7.03. The summed E-state index contributed by atoms with van der Waals surface area (Å²) in [5.41, 5.74) is 1.99. The van der Waals surface area contributed by atoms with Crippen LogP contribution in [0, 0.1) is 47.3 Å². The third kappa shape index (κ3) is 3.51. The Morgan fingerprint density at radius 2 is 1.55 bits per heavy atom. The van der Waals surface area contributed by atoms with Gasteiger partial charge in [-0.3, -0.25) is 4.18 Å². The number of fused-ring (bicyclic) bond motifs is 5. The molecular formula is C27H40O3S. The Balaban J connectivity index is 1.30. The van der Waals surface area contributed by atoms with Crippen molar-refractivity contribution in [3.05, 3.63) is 29.8 Å². The van der Waals surface area contributed by atoms with Crippen LogP contribution >= 0.6 is 0 Å². The molecule has 0 heterocycles. The summed E-state index contributed by atoms with van der Waals surface area (Å²) in [6.07, 6.45) is 10.9. The van der Waals surface area contributed by atoms with Crippen molar-refractivity contribution in [3.8, 4) is 0 Å². The van der Waals surface area contributed by atoms with Gasteiger partial charge in [0.15, 0.2) is 0 Å². The Morgan fingerprint density at radius 3 is 2.29 bits per heavy atom. The van der Waals surface area contributed by atoms with Gasteiger partial charge in [0.05, 0.1) is 11.0 Å². The molecule has 5 rings (SSSR count). The van der Waals surface area contributed by atoms with Crippen LogP contribution < -0.4 is 0 Å². The van der Waals surface area contributed by atoms with Gasteiger partial charge in [0.2, 0.25) is 0 Å². The van der Waals surface area contributed by atoms with Crippen molar-refractivity contribution >= 4 is 10.1 Å². The average Bonchev–Trinajstić information content (AvgIpc) is 3.03. The van der Waals surface area contributed by atoms with Gasteiger partial charge in [-0.25, -0.2) is 0 Å². The third-order valence-electron chi connectivity index (χ3n) is 10.7. The van der Waals surface area contributed by atoms with Crippen LogP contribution in [0.5, 0.6) is 0 Å². The molecule has 0 aliphatic heterocycles. The van der Waals surface area contributed by atoms with E-state index in [1.54, 1.807) is 12.1 Å². The van der Waals surface area contributed by atoms with E-state index in [1.807, 2.05) is 19.1 Å². The summed E-state index contributed by atoms with van der Waals surface area (Å²) in [7, 11) is -3.68. The van der Waals surface area contributed by atoms with Crippen molar-refractivity contribution in [1.82, 2.24) is 0 Å². The molecule has 0 spiro atoms. The summed E-state index contributed by atoms with van der Waals surface area (Å²) in [6.45, 7) is 9.58. The Bertz CT molecular complexity index is 922. The monoisotopic (exact) mass is 444 g/mol. The summed E-state index contributed by atoms with van der Waals surface area (Å²) < 4.78 is 31.5. The number of hydrogen-bond acceptors (Lipinski definition) is 3. The first-order valence-corrected chi connectivity index (χ1v) is 14.0. The predicted molar refractivity (Wildman–Crippen MR) is 124 cm³/mol. The largest absolute Gasteiger partial charge is 0.297 e. The van der Waals surface area contributed by atoms with Gasteiger partial charge >= 0.3 is 0 Å². The van der Waals surface area contributed by atoms with Gasteiger partial charge in [-0.05, 0) is 117 Å². The van der Waals surface area contributed by atoms with E-state index in [9.17, 15) is 8.42 Å². The van der Waals surface area contributed by atoms with Crippen molar-refractivity contribution in [2.45, 2.75) is 96.5 Å². The van der Waals surface area contributed by atoms with E-state index in [4.69, 9.17) is 4.18 Å². The molecule has 0 unspecified atom stereocenters. The molecule has 4 heteroatoms. The molecule has 4 aliphatic rings. The molecule has 0 saturated heterocycles. The lowest BCUT2D eigenvalue weighted by Crippen LogP contribution is -2.54. The maximum Gasteiger partial charge on any atom is 0.297 e. The predicted octanol–water partition coefficient (Wildman–Crippen LogP) is 6.75. The highest BCUT2D eigenvalue weighted by atomic mass is 32.2. The zero-order valence-corrected chi connectivity index (χ0v) is 20.6. The number of hydrogen-bond donors (Lipinski definition) is 0. The fourth-order valence-electron chi connectivity index (χ4n) is 8.51. The van der Waals surface area contributed by atoms with Crippen LogP contribution in [-0.2, 0) is 14.3 Å². The van der Waals surface area contributed by atoms with Crippen LogP contribution in [0.4, 0.5) is 0 Å². The topological polar surface area (TPSA) is 43.4 Å². The number of rotatable bonds is 3. The molecule has 4 saturated carbocycles. The minimum atomic E-state index is -3.68. The van der Waals surface area contributed by atoms with Crippen molar-refractivity contribution in [2.75, 3.05) is 0 Å². The molecule has 4 fully saturated rings. The fraction of sp³-hybridized carbons (Fsp3) is 0.778. The molecule has 0 N–H and O–H groups in total. The van der Waals surface area contributed by atoms with Gasteiger partial charge in [0, 0.05) is 0 Å². The molecular weight excluding hydrogens is 404 g/mol. The molecule has 0 aromatic heterocycles. The summed E-state index contributed by atoms with van der Waals surface area (Å²) >= 11 is 0. The highest BCUT2D eigenvalue weighted by molar-refractivity contribution is 7.86. The van der Waals surface area contributed by atoms with Crippen molar-refractivity contribution < 1.29 is 12.6 Å². The summed E-state index contributed by atoms with van der Waals surface area (Å²) in [5.74, 6) is 4.10. The first-order valence-electron chi connectivity index (χ1n) is 12.6. The minimum absolute atomic E-state index is 0.165. The molecule has 3 nitrogen and oxygen atoms in total. The van der Waals surface area contributed by atoms with Gasteiger partial charge in [-0.2, -0.15) is 8.42 Å². The second-order valence-electron chi connectivity index (χ2n) is 11.9. The van der Waals surface area contributed by atoms with E-state index in [0.29, 0.717) is 16.7 Å². The molecule has 0 bridgehead atoms. The maximum absolute atomic E-state index is 12.8. The second kappa shape index (κ2) is 7.58. The summed E-state index contributed by atoms with van der Waals surface area (Å²) in [4.78, 5) is 0.289. The number of benzene rings is 1. The van der Waals surface area contributed by atoms with Gasteiger partial charge in [0.1, 0.15) is 0 Å². The highest BCUT2D eigenvalue weighted by Crippen LogP contribution is 2.67. The van der Waals surface area contributed by atoms with Gasteiger partial charge in [-0.15, -0.1) is 0 Å². The first-order chi connectivity index (χ1) is 14.6. The zero-order valence-electron chi connectivity index (χ0n) is 19.8. The van der Waals surface area contributed by atoms with Gasteiger partial charge in [-0.1, -0.05) is 38.5 Å². The zero-order chi connectivity index (χ0) is 22.0. The molecule has 4 aliphatic carbocycles. The quantitative estimate of drug-likeness (QED) is 0.484. The van der Waals surface area contributed by atoms with E-state index in [0.717, 1.165) is 48.5 Å². The lowest BCUT2D eigenvalue weighted by molar-refractivity contribution is -0.122. The minimum Gasteiger partial charge on any atom is -0.263 e. The molecule has 0 radical (unpaired) electrons. The van der Waals surface area contributed by atoms with Crippen LogP contribution in [-0.4, -0.2) is 14.5 Å². The van der Waals surface area contributed by atoms with Gasteiger partial charge < -0.3 is 0 Å². The van der Waals surface area contributed by atoms with Crippen molar-refractivity contribution in [1.29, 1.82) is 0 Å². The van der Waals surface area contributed by atoms with Crippen LogP contribution in [0.25, 0.3) is 0 Å². The van der Waals surface area contributed by atoms with Crippen molar-refractivity contribution in [3.63, 3.8) is 0 Å². The maximum atomic E-state index is 12.8. The summed E-state index contributed by atoms with van der Waals surface area (Å²) in [5, 5.41) is 0. The normalized spacial score (nSPS) is 44.9. The molecule has 1 aromatic carbocycles. The van der Waals surface area contributed by atoms with Gasteiger partial charge in [0.25, 0.3) is 10.1 Å². The lowest BCUT2D eigenvalue weighted by Gasteiger charge is -2.61. The van der Waals surface area contributed by atoms with Crippen LogP contribution in [0.2, 0.25) is 0 Å². The van der Waals surface area contributed by atoms with E-state index in [2.05, 4.69) is 20.8 Å². The Labute approximate surface area is 189 Å². The molecule has 8 atom stereocenters. The van der Waals surface area contributed by atoms with E-state index < -0.39 is 10.1 Å². The first kappa shape index (κ1) is 21.9. The molecule has 0 amide bonds. The third-order valence-corrected chi connectivity index (χ3v) is 12.0. The Kier molecular flexibility index (Phi) is 5.37. The van der Waals surface area contributed by atoms with Crippen molar-refractivity contribution in [2.24, 2.45) is 40.4 Å². The SMILES string of the molecule is Cc1ccc(S(=O)(=O)O[C@H]2CC[C@@]3(C)[C@H](CC[C@@H]4[C@@H]3CC[C@]3(C)[C@@H](C)CC[C@@H]43)C2)cc1. The van der Waals surface area contributed by atoms with Crippen LogP contribution in [0.1, 0.15) is 84.1 Å². The van der Waals surface area contributed by atoms with E-state index >= 15 is 0 Å². The molecule has 1 aromatic rings. The molecule has 31 heavy (non-hydrogen) atoms. The Morgan fingerprint density at radius 1 is 0.871 bits per heavy atom. The van der Waals surface area contributed by atoms with Crippen LogP contribution in [0.15, 0.2) is 29.2 Å². The van der Waals surface area contributed by atoms with E-state index in [1.165, 1.54) is 38.5 Å². The van der Waals surface area contributed by atoms with E-state index in [-0.39, 0.29) is 11.0 Å². The second-order valence-corrected chi connectivity index (χ2v) is 13.5. The van der Waals surface area contributed by atoms with Crippen LogP contribution in [0.3, 0.4) is 0 Å². The fourth-order valence-corrected chi connectivity index (χ4v) is 9.62. The highest BCUT2D eigenvalue weighted by Gasteiger charge is 2.59. The standard InChI is InChI=1S/C27H40O3S/c1-18-5-9-22(10-6-18)31(28,29)30-21-13-15-27(4)20(17-21)8-11-23-24-12-7-19(2)26(24,3)16-14-25(23)27/h5-6,9-10,19-21,23-25H,7-8,11-17H2,1-4H3/t19-,20+,21-,23-,24-,25-,26+,27-/m0/s1. The smallest absolute Gasteiger partial charge is 0.263 e. The average molecular weight is 445 g/mol. The lowest BCUT2D eigenvalue weighted by atomic mass is 9.45. The number of aryl methyl sites for hydroxylation is 1. The molecule has 172 valence electrons. The Hall–Kier alpha value is -0.870.